The fourth-order valence-corrected chi connectivity index (χ4v) is 2.37. The highest BCUT2D eigenvalue weighted by Crippen LogP contribution is 2.13. The van der Waals surface area contributed by atoms with Crippen LogP contribution in [-0.2, 0) is 9.59 Å². The van der Waals surface area contributed by atoms with Crippen molar-refractivity contribution in [2.24, 2.45) is 0 Å². The summed E-state index contributed by atoms with van der Waals surface area (Å²) in [5, 5.41) is 14.6. The number of halogens is 1. The maximum Gasteiger partial charge on any atom is 0.326 e. The van der Waals surface area contributed by atoms with Gasteiger partial charge in [-0.1, -0.05) is 48.9 Å². The predicted octanol–water partition coefficient (Wildman–Crippen LogP) is 3.09. The maximum absolute atomic E-state index is 12.6. The third kappa shape index (κ3) is 5.97. The summed E-state index contributed by atoms with van der Waals surface area (Å²) in [5.74, 6) is -2.32. The van der Waals surface area contributed by atoms with Crippen LogP contribution < -0.4 is 10.6 Å². The Balaban J connectivity index is 2.30. The van der Waals surface area contributed by atoms with E-state index in [1.807, 2.05) is 0 Å². The molecule has 1 unspecified atom stereocenters. The van der Waals surface area contributed by atoms with Gasteiger partial charge in [-0.3, -0.25) is 9.59 Å². The number of carboxylic acids is 1. The van der Waals surface area contributed by atoms with Gasteiger partial charge in [-0.15, -0.1) is 0 Å². The molecule has 2 amide bonds. The number of carbonyl (C=O) groups is 3. The van der Waals surface area contributed by atoms with E-state index in [-0.39, 0.29) is 12.1 Å². The highest BCUT2D eigenvalue weighted by Gasteiger charge is 2.21. The first-order valence-electron chi connectivity index (χ1n) is 8.28. The number of amides is 2. The lowest BCUT2D eigenvalue weighted by molar-refractivity contribution is -0.141. The van der Waals surface area contributed by atoms with Crippen LogP contribution in [0.3, 0.4) is 0 Å². The molecule has 3 N–H and O–H groups in total. The van der Waals surface area contributed by atoms with Gasteiger partial charge in [0.25, 0.3) is 11.8 Å². The first-order chi connectivity index (χ1) is 12.9. The summed E-state index contributed by atoms with van der Waals surface area (Å²) in [4.78, 5) is 36.2. The molecule has 2 aromatic rings. The summed E-state index contributed by atoms with van der Waals surface area (Å²) in [6.07, 6.45) is 1.67. The summed E-state index contributed by atoms with van der Waals surface area (Å²) in [6.45, 7) is 1.64. The first kappa shape index (κ1) is 20.2. The summed E-state index contributed by atoms with van der Waals surface area (Å²) in [6, 6.07) is 14.0. The molecule has 0 fully saturated rings. The molecular formula is C20H19ClN2O4. The minimum Gasteiger partial charge on any atom is -0.480 e. The molecule has 0 aromatic heterocycles. The Bertz CT molecular complexity index is 848. The molecule has 7 heteroatoms. The lowest BCUT2D eigenvalue weighted by Crippen LogP contribution is -2.44. The molecule has 27 heavy (non-hydrogen) atoms. The average Bonchev–Trinajstić information content (AvgIpc) is 2.67. The van der Waals surface area contributed by atoms with Crippen LogP contribution in [0.15, 0.2) is 60.3 Å². The Morgan fingerprint density at radius 2 is 1.70 bits per heavy atom. The van der Waals surface area contributed by atoms with Crippen molar-refractivity contribution in [3.63, 3.8) is 0 Å². The van der Waals surface area contributed by atoms with Crippen LogP contribution in [0.4, 0.5) is 0 Å². The minimum atomic E-state index is -1.15. The summed E-state index contributed by atoms with van der Waals surface area (Å²) < 4.78 is 0. The van der Waals surface area contributed by atoms with E-state index in [2.05, 4.69) is 10.6 Å². The van der Waals surface area contributed by atoms with Crippen molar-refractivity contribution in [3.05, 3.63) is 76.4 Å². The second-order valence-corrected chi connectivity index (χ2v) is 6.14. The number of carboxylic acid groups (broad SMARTS) is 1. The summed E-state index contributed by atoms with van der Waals surface area (Å²) in [5.41, 5.74) is 0.935. The lowest BCUT2D eigenvalue weighted by Gasteiger charge is -2.15. The molecule has 0 aliphatic carbocycles. The molecule has 2 rings (SSSR count). The number of benzene rings is 2. The average molecular weight is 387 g/mol. The second-order valence-electron chi connectivity index (χ2n) is 5.70. The fraction of sp³-hybridized carbons (Fsp3) is 0.150. The summed E-state index contributed by atoms with van der Waals surface area (Å²) >= 11 is 5.86. The van der Waals surface area contributed by atoms with Crippen molar-refractivity contribution in [3.8, 4) is 0 Å². The van der Waals surface area contributed by atoms with Gasteiger partial charge in [0, 0.05) is 10.6 Å². The van der Waals surface area contributed by atoms with Gasteiger partial charge in [0.15, 0.2) is 0 Å². The van der Waals surface area contributed by atoms with E-state index in [0.717, 1.165) is 0 Å². The molecule has 1 atom stereocenters. The van der Waals surface area contributed by atoms with Gasteiger partial charge in [0.2, 0.25) is 0 Å². The number of hydrogen-bond donors (Lipinski definition) is 3. The van der Waals surface area contributed by atoms with Gasteiger partial charge >= 0.3 is 5.97 Å². The summed E-state index contributed by atoms with van der Waals surface area (Å²) in [7, 11) is 0. The van der Waals surface area contributed by atoms with Crippen LogP contribution in [-0.4, -0.2) is 28.9 Å². The number of carbonyl (C=O) groups excluding carboxylic acids is 2. The Labute approximate surface area is 161 Å². The SMILES string of the molecule is CCC(NC(=O)C(=Cc1ccc(Cl)cc1)NC(=O)c1ccccc1)C(=O)O. The number of rotatable bonds is 7. The number of nitrogens with one attached hydrogen (secondary N) is 2. The van der Waals surface area contributed by atoms with Crippen molar-refractivity contribution in [1.82, 2.24) is 10.6 Å². The number of aliphatic carboxylic acids is 1. The standard InChI is InChI=1S/C20H19ClN2O4/c1-2-16(20(26)27)22-19(25)17(12-13-8-10-15(21)11-9-13)23-18(24)14-6-4-3-5-7-14/h3-12,16H,2H2,1H3,(H,22,25)(H,23,24)(H,26,27). The van der Waals surface area contributed by atoms with Crippen molar-refractivity contribution >= 4 is 35.5 Å². The monoisotopic (exact) mass is 386 g/mol. The second kappa shape index (κ2) is 9.54. The van der Waals surface area contributed by atoms with Crippen molar-refractivity contribution in [2.45, 2.75) is 19.4 Å². The van der Waals surface area contributed by atoms with Gasteiger partial charge in [-0.2, -0.15) is 0 Å². The van der Waals surface area contributed by atoms with E-state index < -0.39 is 23.8 Å². The minimum absolute atomic E-state index is 0.0640. The molecule has 0 spiro atoms. The Morgan fingerprint density at radius 1 is 1.07 bits per heavy atom. The number of hydrogen-bond acceptors (Lipinski definition) is 3. The van der Waals surface area contributed by atoms with Crippen LogP contribution in [0.25, 0.3) is 6.08 Å². The zero-order valence-electron chi connectivity index (χ0n) is 14.6. The smallest absolute Gasteiger partial charge is 0.326 e. The Hall–Kier alpha value is -3.12. The lowest BCUT2D eigenvalue weighted by atomic mass is 10.1. The quantitative estimate of drug-likeness (QED) is 0.637. The zero-order chi connectivity index (χ0) is 19.8. The molecule has 0 aliphatic heterocycles. The molecule has 0 saturated heterocycles. The van der Waals surface area contributed by atoms with Gasteiger partial charge < -0.3 is 15.7 Å². The normalized spacial score (nSPS) is 12.1. The topological polar surface area (TPSA) is 95.5 Å². The van der Waals surface area contributed by atoms with Crippen LogP contribution in [0.5, 0.6) is 0 Å². The molecule has 0 heterocycles. The maximum atomic E-state index is 12.6. The molecule has 0 aliphatic rings. The fourth-order valence-electron chi connectivity index (χ4n) is 2.24. The van der Waals surface area contributed by atoms with Crippen molar-refractivity contribution < 1.29 is 19.5 Å². The highest BCUT2D eigenvalue weighted by atomic mass is 35.5. The van der Waals surface area contributed by atoms with E-state index in [0.29, 0.717) is 16.1 Å². The van der Waals surface area contributed by atoms with E-state index in [1.54, 1.807) is 61.5 Å². The third-order valence-corrected chi connectivity index (χ3v) is 3.97. The molecule has 2 aromatic carbocycles. The zero-order valence-corrected chi connectivity index (χ0v) is 15.4. The van der Waals surface area contributed by atoms with Crippen LogP contribution in [0, 0.1) is 0 Å². The highest BCUT2D eigenvalue weighted by molar-refractivity contribution is 6.30. The molecule has 0 bridgehead atoms. The van der Waals surface area contributed by atoms with E-state index >= 15 is 0 Å². The third-order valence-electron chi connectivity index (χ3n) is 3.72. The Kier molecular flexibility index (Phi) is 7.14. The molecular weight excluding hydrogens is 368 g/mol. The van der Waals surface area contributed by atoms with E-state index in [4.69, 9.17) is 16.7 Å². The molecule has 140 valence electrons. The first-order valence-corrected chi connectivity index (χ1v) is 8.66. The van der Waals surface area contributed by atoms with Gasteiger partial charge in [-0.05, 0) is 42.3 Å². The van der Waals surface area contributed by atoms with Gasteiger partial charge in [0.05, 0.1) is 0 Å². The van der Waals surface area contributed by atoms with Crippen LogP contribution in [0.2, 0.25) is 5.02 Å². The largest absolute Gasteiger partial charge is 0.480 e. The Morgan fingerprint density at radius 3 is 2.26 bits per heavy atom. The van der Waals surface area contributed by atoms with E-state index in [9.17, 15) is 14.4 Å². The van der Waals surface area contributed by atoms with Crippen molar-refractivity contribution in [1.29, 1.82) is 0 Å². The molecule has 0 saturated carbocycles. The van der Waals surface area contributed by atoms with Crippen LogP contribution in [0.1, 0.15) is 29.3 Å². The predicted molar refractivity (Wildman–Crippen MR) is 103 cm³/mol. The van der Waals surface area contributed by atoms with Gasteiger partial charge in [-0.25, -0.2) is 4.79 Å². The van der Waals surface area contributed by atoms with Crippen LogP contribution >= 0.6 is 11.6 Å². The molecule has 0 radical (unpaired) electrons. The van der Waals surface area contributed by atoms with Gasteiger partial charge in [0.1, 0.15) is 11.7 Å². The van der Waals surface area contributed by atoms with Crippen molar-refractivity contribution in [2.75, 3.05) is 0 Å². The molecule has 6 nitrogen and oxygen atoms in total. The van der Waals surface area contributed by atoms with E-state index in [1.165, 1.54) is 6.08 Å².